The molecule has 0 amide bonds. The van der Waals surface area contributed by atoms with Crippen LogP contribution in [0.1, 0.15) is 96.8 Å². The maximum absolute atomic E-state index is 12.1. The first-order valence-electron chi connectivity index (χ1n) is 9.38. The van der Waals surface area contributed by atoms with Crippen LogP contribution in [0.25, 0.3) is 0 Å². The van der Waals surface area contributed by atoms with Crippen molar-refractivity contribution in [1.82, 2.24) is 0 Å². The molecule has 0 bridgehead atoms. The number of halogens is 3. The first kappa shape index (κ1) is 22.5. The van der Waals surface area contributed by atoms with Crippen molar-refractivity contribution < 1.29 is 18.3 Å². The van der Waals surface area contributed by atoms with E-state index >= 15 is 0 Å². The fourth-order valence-electron chi connectivity index (χ4n) is 2.57. The predicted octanol–water partition coefficient (Wildman–Crippen LogP) is 6.95. The van der Waals surface area contributed by atoms with Crippen LogP contribution >= 0.6 is 0 Å². The van der Waals surface area contributed by atoms with E-state index in [0.29, 0.717) is 6.42 Å². The number of hydrogen-bond donors (Lipinski definition) is 1. The lowest BCUT2D eigenvalue weighted by Gasteiger charge is -2.13. The van der Waals surface area contributed by atoms with E-state index in [2.05, 4.69) is 19.1 Å². The Morgan fingerprint density at radius 2 is 1.17 bits per heavy atom. The van der Waals surface area contributed by atoms with Gasteiger partial charge in [-0.15, -0.1) is 0 Å². The molecule has 0 aliphatic heterocycles. The van der Waals surface area contributed by atoms with Crippen molar-refractivity contribution in [3.63, 3.8) is 0 Å². The van der Waals surface area contributed by atoms with Gasteiger partial charge in [-0.1, -0.05) is 76.9 Å². The van der Waals surface area contributed by atoms with Crippen LogP contribution in [0.5, 0.6) is 0 Å². The predicted molar refractivity (Wildman–Crippen MR) is 91.5 cm³/mol. The molecule has 1 atom stereocenters. The van der Waals surface area contributed by atoms with Gasteiger partial charge >= 0.3 is 6.18 Å². The quantitative estimate of drug-likeness (QED) is 0.253. The first-order valence-corrected chi connectivity index (χ1v) is 9.38. The number of rotatable bonds is 15. The third-order valence-corrected chi connectivity index (χ3v) is 4.12. The molecule has 0 spiro atoms. The SMILES string of the molecule is CCCCCCCCC=CCCCCCCC[C@@H](O)C(F)(F)F. The van der Waals surface area contributed by atoms with E-state index in [9.17, 15) is 13.2 Å². The van der Waals surface area contributed by atoms with Gasteiger partial charge in [-0.2, -0.15) is 13.2 Å². The lowest BCUT2D eigenvalue weighted by atomic mass is 10.1. The number of aliphatic hydroxyl groups excluding tert-OH is 1. The van der Waals surface area contributed by atoms with Crippen molar-refractivity contribution in [1.29, 1.82) is 0 Å². The maximum atomic E-state index is 12.1. The van der Waals surface area contributed by atoms with Gasteiger partial charge in [-0.05, 0) is 32.1 Å². The summed E-state index contributed by atoms with van der Waals surface area (Å²) in [5.74, 6) is 0. The van der Waals surface area contributed by atoms with Gasteiger partial charge in [0, 0.05) is 0 Å². The molecule has 0 heterocycles. The minimum atomic E-state index is -4.46. The molecule has 0 saturated heterocycles. The Labute approximate surface area is 140 Å². The summed E-state index contributed by atoms with van der Waals surface area (Å²) in [4.78, 5) is 0. The van der Waals surface area contributed by atoms with E-state index in [1.165, 1.54) is 44.9 Å². The number of allylic oxidation sites excluding steroid dienone is 2. The Kier molecular flexibility index (Phi) is 14.7. The average Bonchev–Trinajstić information content (AvgIpc) is 2.50. The molecular weight excluding hydrogens is 301 g/mol. The molecule has 0 aliphatic rings. The summed E-state index contributed by atoms with van der Waals surface area (Å²) in [6.07, 6.45) is 12.3. The molecule has 138 valence electrons. The van der Waals surface area contributed by atoms with Gasteiger partial charge in [0.25, 0.3) is 0 Å². The van der Waals surface area contributed by atoms with Crippen molar-refractivity contribution in [2.75, 3.05) is 0 Å². The van der Waals surface area contributed by atoms with Gasteiger partial charge in [0.05, 0.1) is 0 Å². The van der Waals surface area contributed by atoms with Crippen molar-refractivity contribution >= 4 is 0 Å². The van der Waals surface area contributed by atoms with E-state index in [-0.39, 0.29) is 6.42 Å². The van der Waals surface area contributed by atoms with Crippen LogP contribution in [-0.4, -0.2) is 17.4 Å². The Balaban J connectivity index is 3.22. The Morgan fingerprint density at radius 3 is 1.65 bits per heavy atom. The molecule has 0 radical (unpaired) electrons. The summed E-state index contributed by atoms with van der Waals surface area (Å²) in [5, 5.41) is 8.86. The van der Waals surface area contributed by atoms with E-state index < -0.39 is 12.3 Å². The zero-order valence-corrected chi connectivity index (χ0v) is 14.7. The Bertz CT molecular complexity index is 274. The molecule has 1 nitrogen and oxygen atoms in total. The molecule has 23 heavy (non-hydrogen) atoms. The van der Waals surface area contributed by atoms with Crippen LogP contribution < -0.4 is 0 Å². The van der Waals surface area contributed by atoms with Gasteiger partial charge < -0.3 is 5.11 Å². The smallest absolute Gasteiger partial charge is 0.384 e. The molecule has 0 aromatic carbocycles. The Hall–Kier alpha value is -0.510. The second-order valence-corrected chi connectivity index (χ2v) is 6.43. The van der Waals surface area contributed by atoms with Crippen LogP contribution in [-0.2, 0) is 0 Å². The molecule has 0 rings (SSSR count). The van der Waals surface area contributed by atoms with Crippen LogP contribution in [0.4, 0.5) is 13.2 Å². The number of aliphatic hydroxyl groups is 1. The van der Waals surface area contributed by atoms with Crippen molar-refractivity contribution in [3.8, 4) is 0 Å². The minimum absolute atomic E-state index is 0.165. The third-order valence-electron chi connectivity index (χ3n) is 4.12. The highest BCUT2D eigenvalue weighted by atomic mass is 19.4. The molecule has 4 heteroatoms. The Morgan fingerprint density at radius 1 is 0.739 bits per heavy atom. The summed E-state index contributed by atoms with van der Waals surface area (Å²) < 4.78 is 36.2. The lowest BCUT2D eigenvalue weighted by molar-refractivity contribution is -0.205. The summed E-state index contributed by atoms with van der Waals surface area (Å²) in [6, 6.07) is 0. The van der Waals surface area contributed by atoms with Crippen molar-refractivity contribution in [2.45, 2.75) is 109 Å². The van der Waals surface area contributed by atoms with Crippen LogP contribution in [0.2, 0.25) is 0 Å². The summed E-state index contributed by atoms with van der Waals surface area (Å²) in [7, 11) is 0. The molecule has 0 saturated carbocycles. The van der Waals surface area contributed by atoms with Gasteiger partial charge in [-0.25, -0.2) is 0 Å². The largest absolute Gasteiger partial charge is 0.414 e. The fraction of sp³-hybridized carbons (Fsp3) is 0.895. The second-order valence-electron chi connectivity index (χ2n) is 6.43. The van der Waals surface area contributed by atoms with E-state index in [1.807, 2.05) is 0 Å². The van der Waals surface area contributed by atoms with E-state index in [0.717, 1.165) is 32.1 Å². The molecular formula is C19H35F3O. The van der Waals surface area contributed by atoms with E-state index in [4.69, 9.17) is 5.11 Å². The number of unbranched alkanes of at least 4 members (excludes halogenated alkanes) is 11. The fourth-order valence-corrected chi connectivity index (χ4v) is 2.57. The number of hydrogen-bond acceptors (Lipinski definition) is 1. The molecule has 0 unspecified atom stereocenters. The van der Waals surface area contributed by atoms with Crippen LogP contribution in [0.15, 0.2) is 12.2 Å². The highest BCUT2D eigenvalue weighted by Gasteiger charge is 2.37. The van der Waals surface area contributed by atoms with Crippen LogP contribution in [0.3, 0.4) is 0 Å². The minimum Gasteiger partial charge on any atom is -0.384 e. The zero-order chi connectivity index (χ0) is 17.4. The standard InChI is InChI=1S/C19H35F3O/c1-2-3-4-5-6-7-8-9-10-11-12-13-14-15-16-17-18(23)19(20,21)22/h9-10,18,23H,2-8,11-17H2,1H3/t18-/m1/s1. The van der Waals surface area contributed by atoms with Crippen LogP contribution in [0, 0.1) is 0 Å². The summed E-state index contributed by atoms with van der Waals surface area (Å²) >= 11 is 0. The van der Waals surface area contributed by atoms with Crippen molar-refractivity contribution in [2.24, 2.45) is 0 Å². The van der Waals surface area contributed by atoms with Crippen molar-refractivity contribution in [3.05, 3.63) is 12.2 Å². The van der Waals surface area contributed by atoms with Gasteiger partial charge in [-0.3, -0.25) is 0 Å². The second kappa shape index (κ2) is 15.0. The lowest BCUT2D eigenvalue weighted by Crippen LogP contribution is -2.28. The van der Waals surface area contributed by atoms with Gasteiger partial charge in [0.2, 0.25) is 0 Å². The molecule has 0 aromatic heterocycles. The highest BCUT2D eigenvalue weighted by molar-refractivity contribution is 4.81. The highest BCUT2D eigenvalue weighted by Crippen LogP contribution is 2.24. The topological polar surface area (TPSA) is 20.2 Å². The third kappa shape index (κ3) is 16.1. The molecule has 1 N–H and O–H groups in total. The van der Waals surface area contributed by atoms with E-state index in [1.54, 1.807) is 0 Å². The monoisotopic (exact) mass is 336 g/mol. The normalized spacial score (nSPS) is 13.8. The first-order chi connectivity index (χ1) is 11.0. The average molecular weight is 336 g/mol. The van der Waals surface area contributed by atoms with Gasteiger partial charge in [0.1, 0.15) is 6.10 Å². The zero-order valence-electron chi connectivity index (χ0n) is 14.7. The molecule has 0 aliphatic carbocycles. The number of alkyl halides is 3. The van der Waals surface area contributed by atoms with Gasteiger partial charge in [0.15, 0.2) is 0 Å². The molecule has 0 aromatic rings. The summed E-state index contributed by atoms with van der Waals surface area (Å²) in [6.45, 7) is 2.23. The maximum Gasteiger partial charge on any atom is 0.414 e. The molecule has 0 fully saturated rings. The summed E-state index contributed by atoms with van der Waals surface area (Å²) in [5.41, 5.74) is 0.